The number of nitrogens with one attached hydrogen (secondary N) is 2. The second-order valence-corrected chi connectivity index (χ2v) is 9.29. The summed E-state index contributed by atoms with van der Waals surface area (Å²) in [6, 6.07) is 21.1. The molecule has 0 unspecified atom stereocenters. The van der Waals surface area contributed by atoms with E-state index in [1.165, 1.54) is 29.0 Å². The van der Waals surface area contributed by atoms with Gasteiger partial charge in [-0.05, 0) is 46.9 Å². The summed E-state index contributed by atoms with van der Waals surface area (Å²) in [5.74, 6) is -0.549. The first-order valence-electron chi connectivity index (χ1n) is 11.2. The number of carboxylic acid groups (broad SMARTS) is 1. The third kappa shape index (κ3) is 5.84. The maximum absolute atomic E-state index is 12.2. The maximum atomic E-state index is 12.2. The van der Waals surface area contributed by atoms with E-state index in [0.717, 1.165) is 11.1 Å². The molecule has 7 nitrogen and oxygen atoms in total. The zero-order chi connectivity index (χ0) is 24.8. The van der Waals surface area contributed by atoms with Gasteiger partial charge >= 0.3 is 12.1 Å². The van der Waals surface area contributed by atoms with Crippen LogP contribution >= 0.6 is 11.8 Å². The van der Waals surface area contributed by atoms with Crippen LogP contribution in [0.2, 0.25) is 0 Å². The highest BCUT2D eigenvalue weighted by Crippen LogP contribution is 2.44. The van der Waals surface area contributed by atoms with Crippen LogP contribution in [0, 0.1) is 6.92 Å². The molecule has 0 radical (unpaired) electrons. The van der Waals surface area contributed by atoms with Crippen LogP contribution in [0.1, 0.15) is 33.0 Å². The molecule has 0 saturated heterocycles. The Labute approximate surface area is 207 Å². The van der Waals surface area contributed by atoms with E-state index in [1.54, 1.807) is 19.1 Å². The Balaban J connectivity index is 1.17. The van der Waals surface area contributed by atoms with Gasteiger partial charge in [0.1, 0.15) is 6.61 Å². The number of hydrogen-bond donors (Lipinski definition) is 3. The molecule has 3 aromatic rings. The number of hydrogen-bond acceptors (Lipinski definition) is 5. The van der Waals surface area contributed by atoms with E-state index >= 15 is 0 Å². The summed E-state index contributed by atoms with van der Waals surface area (Å²) in [4.78, 5) is 35.6. The number of carbonyl (C=O) groups is 3. The average Bonchev–Trinajstić information content (AvgIpc) is 3.17. The molecule has 180 valence electrons. The molecule has 3 aromatic carbocycles. The van der Waals surface area contributed by atoms with Crippen molar-refractivity contribution in [2.24, 2.45) is 0 Å². The minimum Gasteiger partial charge on any atom is -0.478 e. The van der Waals surface area contributed by atoms with Gasteiger partial charge in [-0.1, -0.05) is 54.6 Å². The summed E-state index contributed by atoms with van der Waals surface area (Å²) in [6.07, 6.45) is -0.488. The predicted molar refractivity (Wildman–Crippen MR) is 137 cm³/mol. The first-order valence-corrected chi connectivity index (χ1v) is 12.4. The lowest BCUT2D eigenvalue weighted by Crippen LogP contribution is -2.28. The summed E-state index contributed by atoms with van der Waals surface area (Å²) >= 11 is 1.36. The zero-order valence-electron chi connectivity index (χ0n) is 19.2. The summed E-state index contributed by atoms with van der Waals surface area (Å²) in [7, 11) is 0. The molecular weight excluding hydrogens is 464 g/mol. The molecule has 0 heterocycles. The van der Waals surface area contributed by atoms with E-state index in [1.807, 2.05) is 24.3 Å². The lowest BCUT2D eigenvalue weighted by molar-refractivity contribution is -0.113. The van der Waals surface area contributed by atoms with Crippen molar-refractivity contribution in [2.75, 3.05) is 30.0 Å². The number of carbonyl (C=O) groups excluding carboxylic acids is 2. The van der Waals surface area contributed by atoms with Gasteiger partial charge in [-0.3, -0.25) is 4.79 Å². The summed E-state index contributed by atoms with van der Waals surface area (Å²) < 4.78 is 5.50. The van der Waals surface area contributed by atoms with E-state index < -0.39 is 12.1 Å². The number of ether oxygens (including phenoxy) is 1. The Morgan fingerprint density at radius 3 is 2.29 bits per heavy atom. The number of carboxylic acids is 1. The number of alkyl carbamates (subject to hydrolysis) is 1. The quantitative estimate of drug-likeness (QED) is 0.369. The van der Waals surface area contributed by atoms with Crippen molar-refractivity contribution in [1.29, 1.82) is 0 Å². The first kappa shape index (κ1) is 24.3. The SMILES string of the molecule is Cc1ccc(NC(=O)CSCCNC(=O)OCC2c3ccccc3-c3ccccc32)cc1C(=O)O. The van der Waals surface area contributed by atoms with E-state index in [-0.39, 0.29) is 29.7 Å². The summed E-state index contributed by atoms with van der Waals surface area (Å²) in [5.41, 5.74) is 5.90. The van der Waals surface area contributed by atoms with Crippen LogP contribution < -0.4 is 10.6 Å². The minimum atomic E-state index is -1.03. The highest BCUT2D eigenvalue weighted by atomic mass is 32.2. The smallest absolute Gasteiger partial charge is 0.407 e. The van der Waals surface area contributed by atoms with Crippen LogP contribution in [0.5, 0.6) is 0 Å². The number of anilines is 1. The van der Waals surface area contributed by atoms with Crippen LogP contribution in [-0.4, -0.2) is 47.7 Å². The fraction of sp³-hybridized carbons (Fsp3) is 0.222. The molecule has 8 heteroatoms. The Morgan fingerprint density at radius 2 is 1.63 bits per heavy atom. The van der Waals surface area contributed by atoms with Gasteiger partial charge in [-0.2, -0.15) is 11.8 Å². The second-order valence-electron chi connectivity index (χ2n) is 8.19. The van der Waals surface area contributed by atoms with Crippen LogP contribution in [0.3, 0.4) is 0 Å². The van der Waals surface area contributed by atoms with Gasteiger partial charge in [0.25, 0.3) is 0 Å². The summed E-state index contributed by atoms with van der Waals surface area (Å²) in [5, 5.41) is 14.6. The van der Waals surface area contributed by atoms with Crippen molar-refractivity contribution in [1.82, 2.24) is 5.32 Å². The number of rotatable bonds is 9. The molecule has 0 bridgehead atoms. The topological polar surface area (TPSA) is 105 Å². The molecule has 0 atom stereocenters. The van der Waals surface area contributed by atoms with Crippen molar-refractivity contribution < 1.29 is 24.2 Å². The molecule has 0 aliphatic heterocycles. The molecule has 1 aliphatic carbocycles. The van der Waals surface area contributed by atoms with Crippen LogP contribution in [-0.2, 0) is 9.53 Å². The molecule has 35 heavy (non-hydrogen) atoms. The van der Waals surface area contributed by atoms with Gasteiger partial charge in [0, 0.05) is 23.9 Å². The third-order valence-corrected chi connectivity index (χ3v) is 6.80. The molecule has 4 rings (SSSR count). The third-order valence-electron chi connectivity index (χ3n) is 5.84. The Morgan fingerprint density at radius 1 is 0.971 bits per heavy atom. The standard InChI is InChI=1S/C27H26N2O5S/c1-17-10-11-18(14-23(17)26(31)32)29-25(30)16-35-13-12-28-27(33)34-15-24-21-8-4-2-6-19(21)20-7-3-5-9-22(20)24/h2-11,14,24H,12-13,15-16H2,1H3,(H,28,33)(H,29,30)(H,31,32). The Bertz CT molecular complexity index is 1210. The van der Waals surface area contributed by atoms with Crippen molar-refractivity contribution in [3.63, 3.8) is 0 Å². The molecule has 0 saturated carbocycles. The number of amides is 2. The van der Waals surface area contributed by atoms with Crippen LogP contribution in [0.15, 0.2) is 66.7 Å². The number of thioether (sulfide) groups is 1. The molecule has 1 aliphatic rings. The molecule has 0 fully saturated rings. The second kappa shape index (κ2) is 11.1. The van der Waals surface area contributed by atoms with Crippen molar-refractivity contribution in [3.8, 4) is 11.1 Å². The van der Waals surface area contributed by atoms with Gasteiger partial charge in [-0.25, -0.2) is 9.59 Å². The number of aromatic carboxylic acids is 1. The number of benzene rings is 3. The van der Waals surface area contributed by atoms with Crippen molar-refractivity contribution in [2.45, 2.75) is 12.8 Å². The van der Waals surface area contributed by atoms with Gasteiger partial charge in [0.2, 0.25) is 5.91 Å². The molecular formula is C27H26N2O5S. The molecule has 3 N–H and O–H groups in total. The normalized spacial score (nSPS) is 11.9. The lowest BCUT2D eigenvalue weighted by Gasteiger charge is -2.14. The zero-order valence-corrected chi connectivity index (χ0v) is 20.1. The van der Waals surface area contributed by atoms with Crippen LogP contribution in [0.25, 0.3) is 11.1 Å². The largest absolute Gasteiger partial charge is 0.478 e. The lowest BCUT2D eigenvalue weighted by atomic mass is 9.98. The van der Waals surface area contributed by atoms with Crippen LogP contribution in [0.4, 0.5) is 10.5 Å². The monoisotopic (exact) mass is 490 g/mol. The van der Waals surface area contributed by atoms with Gasteiger partial charge in [0.15, 0.2) is 0 Å². The number of aryl methyl sites for hydroxylation is 1. The Kier molecular flexibility index (Phi) is 7.72. The fourth-order valence-corrected chi connectivity index (χ4v) is 4.82. The minimum absolute atomic E-state index is 0.00892. The van der Waals surface area contributed by atoms with E-state index in [9.17, 15) is 19.5 Å². The van der Waals surface area contributed by atoms with Gasteiger partial charge < -0.3 is 20.5 Å². The van der Waals surface area contributed by atoms with Gasteiger partial charge in [-0.15, -0.1) is 0 Å². The van der Waals surface area contributed by atoms with Crippen molar-refractivity contribution >= 4 is 35.4 Å². The highest BCUT2D eigenvalue weighted by Gasteiger charge is 2.28. The molecule has 2 amide bonds. The highest BCUT2D eigenvalue weighted by molar-refractivity contribution is 7.99. The first-order chi connectivity index (χ1) is 16.9. The van der Waals surface area contributed by atoms with Crippen molar-refractivity contribution in [3.05, 3.63) is 89.0 Å². The Hall–Kier alpha value is -3.78. The van der Waals surface area contributed by atoms with E-state index in [2.05, 4.69) is 34.9 Å². The maximum Gasteiger partial charge on any atom is 0.407 e. The molecule has 0 aromatic heterocycles. The molecule has 0 spiro atoms. The van der Waals surface area contributed by atoms with Gasteiger partial charge in [0.05, 0.1) is 11.3 Å². The summed E-state index contributed by atoms with van der Waals surface area (Å²) in [6.45, 7) is 2.32. The predicted octanol–water partition coefficient (Wildman–Crippen LogP) is 4.90. The van der Waals surface area contributed by atoms with E-state index in [4.69, 9.17) is 4.74 Å². The fourth-order valence-electron chi connectivity index (χ4n) is 4.17. The number of fused-ring (bicyclic) bond motifs is 3. The van der Waals surface area contributed by atoms with E-state index in [0.29, 0.717) is 23.5 Å². The average molecular weight is 491 g/mol.